The number of hydrogen-bond donors (Lipinski definition) is 1. The summed E-state index contributed by atoms with van der Waals surface area (Å²) >= 11 is 6.19. The van der Waals surface area contributed by atoms with Gasteiger partial charge in [-0.1, -0.05) is 73.5 Å². The zero-order valence-corrected chi connectivity index (χ0v) is 23.5. The molecule has 1 atom stereocenters. The van der Waals surface area contributed by atoms with Gasteiger partial charge >= 0.3 is 0 Å². The zero-order valence-electron chi connectivity index (χ0n) is 21.9. The summed E-state index contributed by atoms with van der Waals surface area (Å²) in [6.07, 6.45) is 1.74. The van der Waals surface area contributed by atoms with Crippen LogP contribution in [0, 0.1) is 6.92 Å². The highest BCUT2D eigenvalue weighted by atomic mass is 35.5. The monoisotopic (exact) mass is 555 g/mol. The highest BCUT2D eigenvalue weighted by Gasteiger charge is 2.32. The lowest BCUT2D eigenvalue weighted by Crippen LogP contribution is -2.51. The molecule has 1 N–H and O–H groups in total. The van der Waals surface area contributed by atoms with E-state index in [0.29, 0.717) is 11.6 Å². The van der Waals surface area contributed by atoms with Crippen LogP contribution in [0.5, 0.6) is 0 Å². The van der Waals surface area contributed by atoms with Crippen molar-refractivity contribution in [2.75, 3.05) is 17.4 Å². The molecule has 0 aromatic heterocycles. The summed E-state index contributed by atoms with van der Waals surface area (Å²) < 4.78 is 28.5. The number of sulfonamides is 1. The van der Waals surface area contributed by atoms with Crippen LogP contribution >= 0.6 is 11.6 Å². The van der Waals surface area contributed by atoms with Crippen LogP contribution in [0.2, 0.25) is 5.02 Å². The molecule has 38 heavy (non-hydrogen) atoms. The number of halogens is 1. The van der Waals surface area contributed by atoms with E-state index in [-0.39, 0.29) is 23.0 Å². The Hall–Kier alpha value is -3.36. The largest absolute Gasteiger partial charge is 0.354 e. The molecule has 3 rings (SSSR count). The SMILES string of the molecule is CCCCNC(=O)[C@@H](C)N(Cc1ccccc1C)C(=O)CN(c1cccc(Cl)c1)S(=O)(=O)c1ccccc1. The van der Waals surface area contributed by atoms with Gasteiger partial charge in [-0.25, -0.2) is 8.42 Å². The summed E-state index contributed by atoms with van der Waals surface area (Å²) in [7, 11) is -4.12. The smallest absolute Gasteiger partial charge is 0.264 e. The number of rotatable bonds is 12. The summed E-state index contributed by atoms with van der Waals surface area (Å²) in [5.74, 6) is -0.800. The number of aryl methyl sites for hydroxylation is 1. The van der Waals surface area contributed by atoms with Gasteiger partial charge in [-0.05, 0) is 61.7 Å². The van der Waals surface area contributed by atoms with Gasteiger partial charge < -0.3 is 10.2 Å². The average molecular weight is 556 g/mol. The first-order chi connectivity index (χ1) is 18.1. The molecule has 3 aromatic rings. The molecule has 0 fully saturated rings. The Morgan fingerprint density at radius 2 is 1.66 bits per heavy atom. The molecule has 0 aliphatic heterocycles. The third kappa shape index (κ3) is 7.36. The predicted molar refractivity (Wildman–Crippen MR) is 152 cm³/mol. The molecule has 0 saturated carbocycles. The van der Waals surface area contributed by atoms with Crippen molar-refractivity contribution in [1.82, 2.24) is 10.2 Å². The minimum atomic E-state index is -4.12. The number of carbonyl (C=O) groups excluding carboxylic acids is 2. The minimum absolute atomic E-state index is 0.0450. The topological polar surface area (TPSA) is 86.8 Å². The fourth-order valence-corrected chi connectivity index (χ4v) is 5.58. The maximum atomic E-state index is 13.9. The van der Waals surface area contributed by atoms with E-state index in [1.165, 1.54) is 23.1 Å². The molecule has 7 nitrogen and oxygen atoms in total. The average Bonchev–Trinajstić information content (AvgIpc) is 2.91. The third-order valence-electron chi connectivity index (χ3n) is 6.31. The number of anilines is 1. The van der Waals surface area contributed by atoms with Gasteiger partial charge in [0.05, 0.1) is 10.6 Å². The number of unbranched alkanes of at least 4 members (excludes halogenated alkanes) is 1. The van der Waals surface area contributed by atoms with Gasteiger partial charge in [0.1, 0.15) is 12.6 Å². The predicted octanol–water partition coefficient (Wildman–Crippen LogP) is 5.18. The summed E-state index contributed by atoms with van der Waals surface area (Å²) in [5.41, 5.74) is 2.09. The summed E-state index contributed by atoms with van der Waals surface area (Å²) in [4.78, 5) is 28.4. The van der Waals surface area contributed by atoms with E-state index in [2.05, 4.69) is 5.32 Å². The Morgan fingerprint density at radius 1 is 0.974 bits per heavy atom. The highest BCUT2D eigenvalue weighted by molar-refractivity contribution is 7.92. The van der Waals surface area contributed by atoms with Crippen LogP contribution in [0.1, 0.15) is 37.8 Å². The van der Waals surface area contributed by atoms with E-state index in [1.807, 2.05) is 38.1 Å². The molecule has 9 heteroatoms. The molecular weight excluding hydrogens is 522 g/mol. The van der Waals surface area contributed by atoms with Crippen LogP contribution in [-0.2, 0) is 26.2 Å². The third-order valence-corrected chi connectivity index (χ3v) is 8.33. The number of hydrogen-bond acceptors (Lipinski definition) is 4. The molecule has 0 radical (unpaired) electrons. The van der Waals surface area contributed by atoms with Gasteiger partial charge in [0.15, 0.2) is 0 Å². The van der Waals surface area contributed by atoms with Crippen molar-refractivity contribution in [2.45, 2.75) is 51.1 Å². The van der Waals surface area contributed by atoms with E-state index in [4.69, 9.17) is 11.6 Å². The fraction of sp³-hybridized carbons (Fsp3) is 0.310. The first-order valence-corrected chi connectivity index (χ1v) is 14.4. The molecular formula is C29H34ClN3O4S. The molecule has 0 unspecified atom stereocenters. The van der Waals surface area contributed by atoms with E-state index in [9.17, 15) is 18.0 Å². The number of nitrogens with zero attached hydrogens (tertiary/aromatic N) is 2. The molecule has 0 spiro atoms. The number of nitrogens with one attached hydrogen (secondary N) is 1. The fourth-order valence-electron chi connectivity index (χ4n) is 3.97. The Labute approximate surface area is 230 Å². The van der Waals surface area contributed by atoms with Crippen LogP contribution in [0.15, 0.2) is 83.8 Å². The summed E-state index contributed by atoms with van der Waals surface area (Å²) in [6, 6.07) is 21.1. The van der Waals surface area contributed by atoms with Gasteiger partial charge in [-0.2, -0.15) is 0 Å². The van der Waals surface area contributed by atoms with E-state index in [0.717, 1.165) is 28.3 Å². The maximum absolute atomic E-state index is 13.9. The maximum Gasteiger partial charge on any atom is 0.264 e. The van der Waals surface area contributed by atoms with Crippen molar-refractivity contribution in [3.8, 4) is 0 Å². The molecule has 0 bridgehead atoms. The number of benzene rings is 3. The standard InChI is InChI=1S/C29H34ClN3O4S/c1-4-5-18-31-29(35)23(3)32(20-24-13-10-9-12-22(24)2)28(34)21-33(26-15-11-14-25(30)19-26)38(36,37)27-16-7-6-8-17-27/h6-17,19,23H,4-5,18,20-21H2,1-3H3,(H,31,35)/t23-/m1/s1. The Kier molecular flexibility index (Phi) is 10.3. The lowest BCUT2D eigenvalue weighted by molar-refractivity contribution is -0.139. The minimum Gasteiger partial charge on any atom is -0.354 e. The van der Waals surface area contributed by atoms with Gasteiger partial charge in [-0.3, -0.25) is 13.9 Å². The molecule has 3 aromatic carbocycles. The molecule has 0 saturated heterocycles. The van der Waals surface area contributed by atoms with E-state index >= 15 is 0 Å². The molecule has 202 valence electrons. The second kappa shape index (κ2) is 13.4. The van der Waals surface area contributed by atoms with Crippen LogP contribution in [0.4, 0.5) is 5.69 Å². The lowest BCUT2D eigenvalue weighted by atomic mass is 10.1. The van der Waals surface area contributed by atoms with Crippen molar-refractivity contribution in [1.29, 1.82) is 0 Å². The lowest BCUT2D eigenvalue weighted by Gasteiger charge is -2.32. The van der Waals surface area contributed by atoms with Crippen molar-refractivity contribution in [3.63, 3.8) is 0 Å². The van der Waals surface area contributed by atoms with E-state index < -0.39 is 28.5 Å². The van der Waals surface area contributed by atoms with Gasteiger partial charge in [0.25, 0.3) is 10.0 Å². The van der Waals surface area contributed by atoms with Crippen LogP contribution in [0.3, 0.4) is 0 Å². The zero-order chi connectivity index (χ0) is 27.7. The van der Waals surface area contributed by atoms with Crippen molar-refractivity contribution < 1.29 is 18.0 Å². The first kappa shape index (κ1) is 29.2. The summed E-state index contributed by atoms with van der Waals surface area (Å²) in [5, 5.41) is 3.22. The Balaban J connectivity index is 2.00. The van der Waals surface area contributed by atoms with Gasteiger partial charge in [0.2, 0.25) is 11.8 Å². The first-order valence-electron chi connectivity index (χ1n) is 12.6. The molecule has 0 heterocycles. The summed E-state index contributed by atoms with van der Waals surface area (Å²) in [6.45, 7) is 5.78. The van der Waals surface area contributed by atoms with Crippen molar-refractivity contribution in [2.24, 2.45) is 0 Å². The Bertz CT molecular complexity index is 1350. The molecule has 0 aliphatic carbocycles. The number of amides is 2. The molecule has 0 aliphatic rings. The van der Waals surface area contributed by atoms with Crippen molar-refractivity contribution in [3.05, 3.63) is 95.0 Å². The Morgan fingerprint density at radius 3 is 2.32 bits per heavy atom. The van der Waals surface area contributed by atoms with Crippen molar-refractivity contribution >= 4 is 39.1 Å². The van der Waals surface area contributed by atoms with Gasteiger partial charge in [0, 0.05) is 18.1 Å². The second-order valence-corrected chi connectivity index (χ2v) is 11.4. The number of carbonyl (C=O) groups is 2. The van der Waals surface area contributed by atoms with Crippen LogP contribution in [0.25, 0.3) is 0 Å². The highest BCUT2D eigenvalue weighted by Crippen LogP contribution is 2.27. The molecule has 2 amide bonds. The van der Waals surface area contributed by atoms with E-state index in [1.54, 1.807) is 43.3 Å². The van der Waals surface area contributed by atoms with Gasteiger partial charge in [-0.15, -0.1) is 0 Å². The quantitative estimate of drug-likeness (QED) is 0.312. The normalized spacial score (nSPS) is 12.0. The van der Waals surface area contributed by atoms with Crippen LogP contribution < -0.4 is 9.62 Å². The van der Waals surface area contributed by atoms with Crippen LogP contribution in [-0.4, -0.2) is 44.3 Å². The second-order valence-electron chi connectivity index (χ2n) is 9.07.